The lowest BCUT2D eigenvalue weighted by molar-refractivity contribution is -0.192. The van der Waals surface area contributed by atoms with Crippen molar-refractivity contribution in [1.29, 1.82) is 0 Å². The van der Waals surface area contributed by atoms with Gasteiger partial charge in [0.25, 0.3) is 10.1 Å². The summed E-state index contributed by atoms with van der Waals surface area (Å²) < 4.78 is 45.6. The van der Waals surface area contributed by atoms with Gasteiger partial charge < -0.3 is 14.2 Å². The van der Waals surface area contributed by atoms with Crippen molar-refractivity contribution in [1.82, 2.24) is 0 Å². The molecule has 9 heteroatoms. The monoisotopic (exact) mass is 474 g/mol. The second kappa shape index (κ2) is 13.4. The number of hydrogen-bond acceptors (Lipinski definition) is 8. The normalized spacial score (nSPS) is 27.7. The van der Waals surface area contributed by atoms with Crippen molar-refractivity contribution in [3.63, 3.8) is 0 Å². The first kappa shape index (κ1) is 27.0. The van der Waals surface area contributed by atoms with Crippen molar-refractivity contribution in [2.75, 3.05) is 19.5 Å². The molecule has 0 N–H and O–H groups in total. The Balaban J connectivity index is 2.15. The number of ether oxygens (including phenoxy) is 3. The summed E-state index contributed by atoms with van der Waals surface area (Å²) in [5.74, 6) is -0.961. The molecule has 32 heavy (non-hydrogen) atoms. The van der Waals surface area contributed by atoms with Crippen LogP contribution in [0.15, 0.2) is 12.2 Å². The smallest absolute Gasteiger partial charge is 0.302 e. The average molecular weight is 475 g/mol. The molecule has 1 aliphatic heterocycles. The van der Waals surface area contributed by atoms with E-state index in [1.807, 2.05) is 6.08 Å². The first-order chi connectivity index (χ1) is 15.2. The number of Topliss-reactive ketones (excluding diaryl/α,β-unsaturated/α-hetero) is 1. The zero-order chi connectivity index (χ0) is 23.6. The fourth-order valence-corrected chi connectivity index (χ4v) is 4.91. The third kappa shape index (κ3) is 9.68. The van der Waals surface area contributed by atoms with Gasteiger partial charge >= 0.3 is 5.97 Å². The molecule has 0 aromatic heterocycles. The van der Waals surface area contributed by atoms with Gasteiger partial charge in [-0.05, 0) is 32.1 Å². The summed E-state index contributed by atoms with van der Waals surface area (Å²) in [6.45, 7) is 4.21. The van der Waals surface area contributed by atoms with Crippen LogP contribution in [-0.2, 0) is 38.1 Å². The van der Waals surface area contributed by atoms with Crippen LogP contribution in [0.4, 0.5) is 0 Å². The van der Waals surface area contributed by atoms with Crippen molar-refractivity contribution in [3.8, 4) is 0 Å². The molecule has 0 amide bonds. The van der Waals surface area contributed by atoms with Crippen molar-refractivity contribution in [2.45, 2.75) is 90.1 Å². The van der Waals surface area contributed by atoms with E-state index in [0.29, 0.717) is 19.4 Å². The Hall–Kier alpha value is -1.29. The molecule has 1 aliphatic carbocycles. The lowest BCUT2D eigenvalue weighted by Gasteiger charge is -2.29. The predicted molar refractivity (Wildman–Crippen MR) is 119 cm³/mol. The van der Waals surface area contributed by atoms with Crippen molar-refractivity contribution < 1.29 is 36.4 Å². The van der Waals surface area contributed by atoms with Crippen molar-refractivity contribution in [3.05, 3.63) is 12.2 Å². The first-order valence-electron chi connectivity index (χ1n) is 11.7. The summed E-state index contributed by atoms with van der Waals surface area (Å²) in [6.07, 6.45) is 10.2. The fraction of sp³-hybridized carbons (Fsp3) is 0.826. The average Bonchev–Trinajstić information content (AvgIpc) is 3.00. The van der Waals surface area contributed by atoms with Crippen LogP contribution >= 0.6 is 0 Å². The Bertz CT molecular complexity index is 726. The molecule has 0 radical (unpaired) electrons. The highest BCUT2D eigenvalue weighted by molar-refractivity contribution is 7.86. The number of esters is 1. The van der Waals surface area contributed by atoms with Gasteiger partial charge in [0.05, 0.1) is 25.1 Å². The van der Waals surface area contributed by atoms with E-state index in [2.05, 4.69) is 6.92 Å². The summed E-state index contributed by atoms with van der Waals surface area (Å²) in [7, 11) is -3.62. The van der Waals surface area contributed by atoms with E-state index in [9.17, 15) is 18.0 Å². The van der Waals surface area contributed by atoms with Crippen LogP contribution in [-0.4, -0.2) is 58.1 Å². The lowest BCUT2D eigenvalue weighted by Crippen LogP contribution is -2.31. The highest BCUT2D eigenvalue weighted by Crippen LogP contribution is 2.37. The Kier molecular flexibility index (Phi) is 11.3. The van der Waals surface area contributed by atoms with Crippen LogP contribution in [0.5, 0.6) is 0 Å². The molecule has 1 saturated carbocycles. The van der Waals surface area contributed by atoms with Crippen LogP contribution in [0.3, 0.4) is 0 Å². The molecule has 0 bridgehead atoms. The molecular weight excluding hydrogens is 436 g/mol. The van der Waals surface area contributed by atoms with Crippen LogP contribution < -0.4 is 0 Å². The van der Waals surface area contributed by atoms with Crippen LogP contribution in [0.2, 0.25) is 0 Å². The van der Waals surface area contributed by atoms with Crippen LogP contribution in [0, 0.1) is 11.8 Å². The maximum atomic E-state index is 12.8. The number of rotatable bonds is 13. The Morgan fingerprint density at radius 1 is 1.28 bits per heavy atom. The standard InChI is InChI=1S/C23H38O8S/c1-4-5-6-9-18(31-32(3,26)27)11-12-20-19(13-15-28-17(2)24)21(25)16-22(20)30-23-10-7-8-14-29-23/h11-12,18-20,22-23H,4-10,13-16H2,1-3H3/t18-,19+,20+,22+,23?/m1/s1. The van der Waals surface area contributed by atoms with Crippen molar-refractivity contribution >= 4 is 21.9 Å². The number of carbonyl (C=O) groups is 2. The SMILES string of the molecule is CCCCC[C@H](C=C[C@@H]1[C@@H](OC2CCCCO2)CC(=O)[C@H]1CCOC(C)=O)OS(C)(=O)=O. The molecule has 2 rings (SSSR count). The van der Waals surface area contributed by atoms with Gasteiger partial charge in [0.15, 0.2) is 6.29 Å². The zero-order valence-electron chi connectivity index (χ0n) is 19.5. The van der Waals surface area contributed by atoms with Gasteiger partial charge in [-0.1, -0.05) is 38.3 Å². The van der Waals surface area contributed by atoms with Gasteiger partial charge in [-0.2, -0.15) is 8.42 Å². The van der Waals surface area contributed by atoms with E-state index in [-0.39, 0.29) is 49.0 Å². The second-order valence-electron chi connectivity index (χ2n) is 8.67. The Labute approximate surface area is 192 Å². The summed E-state index contributed by atoms with van der Waals surface area (Å²) in [6, 6.07) is 0. The molecule has 184 valence electrons. The van der Waals surface area contributed by atoms with E-state index in [0.717, 1.165) is 44.8 Å². The topological polar surface area (TPSA) is 105 Å². The fourth-order valence-electron chi connectivity index (χ4n) is 4.30. The molecule has 1 unspecified atom stereocenters. The number of hydrogen-bond donors (Lipinski definition) is 0. The number of ketones is 1. The molecule has 1 saturated heterocycles. The Morgan fingerprint density at radius 3 is 2.69 bits per heavy atom. The highest BCUT2D eigenvalue weighted by Gasteiger charge is 2.43. The minimum absolute atomic E-state index is 0.0548. The molecule has 0 aromatic carbocycles. The molecule has 0 spiro atoms. The minimum Gasteiger partial charge on any atom is -0.466 e. The van der Waals surface area contributed by atoms with E-state index >= 15 is 0 Å². The van der Waals surface area contributed by atoms with E-state index in [1.54, 1.807) is 6.08 Å². The molecule has 2 aliphatic rings. The lowest BCUT2D eigenvalue weighted by atomic mass is 9.90. The maximum Gasteiger partial charge on any atom is 0.302 e. The number of unbranched alkanes of at least 4 members (excludes halogenated alkanes) is 2. The molecule has 2 fully saturated rings. The largest absolute Gasteiger partial charge is 0.466 e. The molecule has 5 atom stereocenters. The van der Waals surface area contributed by atoms with Gasteiger partial charge in [0, 0.05) is 31.8 Å². The summed E-state index contributed by atoms with van der Waals surface area (Å²) in [5, 5.41) is 0. The van der Waals surface area contributed by atoms with E-state index in [4.69, 9.17) is 18.4 Å². The molecule has 8 nitrogen and oxygen atoms in total. The summed E-state index contributed by atoms with van der Waals surface area (Å²) in [4.78, 5) is 23.9. The third-order valence-electron chi connectivity index (χ3n) is 5.85. The van der Waals surface area contributed by atoms with Crippen molar-refractivity contribution in [2.24, 2.45) is 11.8 Å². The van der Waals surface area contributed by atoms with Gasteiger partial charge in [0.2, 0.25) is 0 Å². The quantitative estimate of drug-likeness (QED) is 0.173. The maximum absolute atomic E-state index is 12.8. The van der Waals surface area contributed by atoms with Gasteiger partial charge in [-0.25, -0.2) is 0 Å². The van der Waals surface area contributed by atoms with Crippen LogP contribution in [0.1, 0.15) is 71.6 Å². The van der Waals surface area contributed by atoms with E-state index in [1.165, 1.54) is 6.92 Å². The van der Waals surface area contributed by atoms with Gasteiger partial charge in [-0.15, -0.1) is 0 Å². The summed E-state index contributed by atoms with van der Waals surface area (Å²) in [5.41, 5.74) is 0. The number of carbonyl (C=O) groups excluding carboxylic acids is 2. The minimum atomic E-state index is -3.62. The van der Waals surface area contributed by atoms with Gasteiger partial charge in [0.1, 0.15) is 5.78 Å². The Morgan fingerprint density at radius 2 is 2.06 bits per heavy atom. The predicted octanol–water partition coefficient (Wildman–Crippen LogP) is 3.54. The summed E-state index contributed by atoms with van der Waals surface area (Å²) >= 11 is 0. The zero-order valence-corrected chi connectivity index (χ0v) is 20.3. The van der Waals surface area contributed by atoms with Gasteiger partial charge in [-0.3, -0.25) is 13.8 Å². The third-order valence-corrected chi connectivity index (χ3v) is 6.44. The molecule has 1 heterocycles. The molecule has 0 aromatic rings. The first-order valence-corrected chi connectivity index (χ1v) is 13.5. The second-order valence-corrected chi connectivity index (χ2v) is 10.3. The molecular formula is C23H38O8S. The highest BCUT2D eigenvalue weighted by atomic mass is 32.2. The van der Waals surface area contributed by atoms with Crippen LogP contribution in [0.25, 0.3) is 0 Å². The van der Waals surface area contributed by atoms with E-state index < -0.39 is 16.2 Å².